The van der Waals surface area contributed by atoms with Crippen LogP contribution in [0.15, 0.2) is 60.8 Å². The molecule has 0 aliphatic rings. The smallest absolute Gasteiger partial charge is 0.326 e. The van der Waals surface area contributed by atoms with Gasteiger partial charge >= 0.3 is 11.9 Å². The van der Waals surface area contributed by atoms with Gasteiger partial charge in [0.15, 0.2) is 0 Å². The first-order chi connectivity index (χ1) is 27.3. The van der Waals surface area contributed by atoms with Crippen molar-refractivity contribution in [3.05, 3.63) is 71.9 Å². The number of rotatable bonds is 23. The van der Waals surface area contributed by atoms with Crippen LogP contribution in [-0.2, 0) is 46.4 Å². The summed E-state index contributed by atoms with van der Waals surface area (Å²) in [7, 11) is 0. The average Bonchev–Trinajstić information content (AvgIpc) is 3.55. The van der Waals surface area contributed by atoms with Crippen molar-refractivity contribution in [1.29, 1.82) is 0 Å². The Hall–Kier alpha value is -5.77. The van der Waals surface area contributed by atoms with E-state index in [4.69, 9.17) is 5.73 Å². The molecule has 0 spiro atoms. The van der Waals surface area contributed by atoms with Gasteiger partial charge in [0, 0.05) is 29.9 Å². The largest absolute Gasteiger partial charge is 0.481 e. The minimum absolute atomic E-state index is 0.00370. The molecule has 3 aromatic rings. The van der Waals surface area contributed by atoms with Crippen LogP contribution in [0.2, 0.25) is 0 Å². The Bertz CT molecular complexity index is 1880. The van der Waals surface area contributed by atoms with Crippen LogP contribution in [-0.4, -0.2) is 92.9 Å². The summed E-state index contributed by atoms with van der Waals surface area (Å²) in [6, 6.07) is 8.66. The number of nitrogens with one attached hydrogen (secondary N) is 6. The fourth-order valence-corrected chi connectivity index (χ4v) is 6.55. The Kier molecular flexibility index (Phi) is 17.9. The van der Waals surface area contributed by atoms with Crippen molar-refractivity contribution in [2.24, 2.45) is 23.5 Å². The van der Waals surface area contributed by atoms with E-state index in [0.29, 0.717) is 17.5 Å². The molecule has 1 heterocycles. The third-order valence-electron chi connectivity index (χ3n) is 9.38. The second-order valence-electron chi connectivity index (χ2n) is 16.0. The molecule has 0 aliphatic carbocycles. The van der Waals surface area contributed by atoms with Crippen LogP contribution >= 0.6 is 0 Å². The molecular weight excluding hydrogens is 747 g/mol. The van der Waals surface area contributed by atoms with Gasteiger partial charge in [-0.1, -0.05) is 90.1 Å². The zero-order valence-electron chi connectivity index (χ0n) is 34.0. The van der Waals surface area contributed by atoms with Gasteiger partial charge in [-0.05, 0) is 54.2 Å². The van der Waals surface area contributed by atoms with Gasteiger partial charge in [0.05, 0.1) is 12.5 Å². The third kappa shape index (κ3) is 15.0. The number of hydrogen-bond donors (Lipinski definition) is 9. The molecule has 316 valence electrons. The minimum Gasteiger partial charge on any atom is -0.481 e. The second-order valence-corrected chi connectivity index (χ2v) is 16.0. The monoisotopic (exact) mass is 805 g/mol. The lowest BCUT2D eigenvalue weighted by Gasteiger charge is -2.28. The predicted molar refractivity (Wildman–Crippen MR) is 218 cm³/mol. The molecule has 10 N–H and O–H groups in total. The molecule has 6 atom stereocenters. The molecule has 0 fully saturated rings. The van der Waals surface area contributed by atoms with E-state index < -0.39 is 84.1 Å². The van der Waals surface area contributed by atoms with E-state index >= 15 is 0 Å². The summed E-state index contributed by atoms with van der Waals surface area (Å²) in [5.41, 5.74) is 8.14. The molecule has 58 heavy (non-hydrogen) atoms. The van der Waals surface area contributed by atoms with Crippen molar-refractivity contribution in [3.63, 3.8) is 0 Å². The summed E-state index contributed by atoms with van der Waals surface area (Å²) in [6.45, 7) is 11.0. The van der Waals surface area contributed by atoms with Gasteiger partial charge in [0.25, 0.3) is 0 Å². The van der Waals surface area contributed by atoms with Crippen molar-refractivity contribution in [2.75, 3.05) is 0 Å². The Labute approximate surface area is 338 Å². The van der Waals surface area contributed by atoms with Crippen LogP contribution in [0.1, 0.15) is 78.4 Å². The molecule has 0 saturated heterocycles. The van der Waals surface area contributed by atoms with Gasteiger partial charge in [-0.2, -0.15) is 0 Å². The molecule has 0 aliphatic heterocycles. The van der Waals surface area contributed by atoms with Crippen LogP contribution in [0, 0.1) is 17.8 Å². The first-order valence-corrected chi connectivity index (χ1v) is 19.6. The van der Waals surface area contributed by atoms with Gasteiger partial charge in [0.2, 0.25) is 29.5 Å². The number of benzene rings is 2. The fraction of sp³-hybridized carbons (Fsp3) is 0.500. The first-order valence-electron chi connectivity index (χ1n) is 19.6. The van der Waals surface area contributed by atoms with Crippen molar-refractivity contribution in [3.8, 4) is 0 Å². The van der Waals surface area contributed by atoms with Crippen LogP contribution in [0.5, 0.6) is 0 Å². The van der Waals surface area contributed by atoms with E-state index in [1.54, 1.807) is 36.5 Å². The summed E-state index contributed by atoms with van der Waals surface area (Å²) >= 11 is 0. The third-order valence-corrected chi connectivity index (χ3v) is 9.38. The highest BCUT2D eigenvalue weighted by atomic mass is 16.4. The molecule has 2 aromatic carbocycles. The molecule has 0 bridgehead atoms. The Morgan fingerprint density at radius 2 is 1.03 bits per heavy atom. The van der Waals surface area contributed by atoms with E-state index in [9.17, 15) is 43.8 Å². The summed E-state index contributed by atoms with van der Waals surface area (Å²) in [6.07, 6.45) is 1.41. The van der Waals surface area contributed by atoms with Gasteiger partial charge in [-0.3, -0.25) is 28.8 Å². The fourth-order valence-electron chi connectivity index (χ4n) is 6.55. The van der Waals surface area contributed by atoms with E-state index in [0.717, 1.165) is 10.9 Å². The quantitative estimate of drug-likeness (QED) is 0.0676. The summed E-state index contributed by atoms with van der Waals surface area (Å²) in [4.78, 5) is 95.3. The van der Waals surface area contributed by atoms with Crippen molar-refractivity contribution in [2.45, 2.75) is 116 Å². The van der Waals surface area contributed by atoms with Crippen LogP contribution < -0.4 is 32.3 Å². The molecule has 16 nitrogen and oxygen atoms in total. The zero-order valence-corrected chi connectivity index (χ0v) is 34.0. The molecule has 0 radical (unpaired) electrons. The number of carbonyl (C=O) groups excluding carboxylic acids is 5. The van der Waals surface area contributed by atoms with Gasteiger partial charge < -0.3 is 47.5 Å². The summed E-state index contributed by atoms with van der Waals surface area (Å²) in [5.74, 6) is -6.69. The number of para-hydroxylation sites is 1. The Morgan fingerprint density at radius 1 is 0.569 bits per heavy atom. The zero-order chi connectivity index (χ0) is 43.1. The topological polar surface area (TPSA) is 262 Å². The van der Waals surface area contributed by atoms with E-state index in [1.165, 1.54) is 0 Å². The molecule has 0 unspecified atom stereocenters. The highest BCUT2D eigenvalue weighted by Gasteiger charge is 2.34. The van der Waals surface area contributed by atoms with E-state index in [1.807, 2.05) is 65.8 Å². The lowest BCUT2D eigenvalue weighted by Crippen LogP contribution is -2.60. The number of hydrogen-bond acceptors (Lipinski definition) is 8. The lowest BCUT2D eigenvalue weighted by atomic mass is 9.98. The summed E-state index contributed by atoms with van der Waals surface area (Å²) < 4.78 is 0. The number of aromatic amines is 1. The molecule has 3 rings (SSSR count). The maximum Gasteiger partial charge on any atom is 0.326 e. The van der Waals surface area contributed by atoms with Crippen molar-refractivity contribution in [1.82, 2.24) is 31.6 Å². The van der Waals surface area contributed by atoms with Crippen LogP contribution in [0.3, 0.4) is 0 Å². The van der Waals surface area contributed by atoms with Crippen molar-refractivity contribution >= 4 is 52.4 Å². The highest BCUT2D eigenvalue weighted by molar-refractivity contribution is 5.97. The number of nitrogens with two attached hydrogens (primary N) is 1. The van der Waals surface area contributed by atoms with E-state index in [-0.39, 0.29) is 43.4 Å². The number of aliphatic carboxylic acids is 2. The van der Waals surface area contributed by atoms with Crippen LogP contribution in [0.25, 0.3) is 10.9 Å². The number of fused-ring (bicyclic) bond motifs is 1. The Balaban J connectivity index is 1.84. The number of H-pyrrole nitrogens is 1. The molecule has 1 aromatic heterocycles. The van der Waals surface area contributed by atoms with E-state index in [2.05, 4.69) is 31.6 Å². The maximum atomic E-state index is 14.1. The minimum atomic E-state index is -1.54. The maximum absolute atomic E-state index is 14.1. The van der Waals surface area contributed by atoms with Gasteiger partial charge in [-0.25, -0.2) is 4.79 Å². The SMILES string of the molecule is CC(C)C[C@H](NC(=O)[C@H](CC(C)C)NC(=O)[C@H](CC(=O)O)NC(=O)[C@@H](N)CC(C)C)C(=O)N[C@@H](Cc1ccccc1)C(=O)N[C@@H](Cc1c[nH]c2ccccc12)C(=O)O. The first kappa shape index (κ1) is 46.6. The predicted octanol–water partition coefficient (Wildman–Crippen LogP) is 2.40. The number of carbonyl (C=O) groups is 7. The van der Waals surface area contributed by atoms with Gasteiger partial charge in [-0.15, -0.1) is 0 Å². The second kappa shape index (κ2) is 22.2. The molecule has 0 saturated carbocycles. The normalized spacial score (nSPS) is 14.5. The van der Waals surface area contributed by atoms with Crippen LogP contribution in [0.4, 0.5) is 0 Å². The molecule has 16 heteroatoms. The number of carboxylic acid groups (broad SMARTS) is 2. The summed E-state index contributed by atoms with van der Waals surface area (Å²) in [5, 5.41) is 33.5. The highest BCUT2D eigenvalue weighted by Crippen LogP contribution is 2.20. The standard InChI is InChI=1S/C42H59N7O9/c1-23(2)16-29(43)37(52)45-34(21-36(50)51)41(56)47-31(17-24(3)4)38(53)46-32(18-25(5)6)39(54)48-33(19-26-12-8-7-9-13-26)40(55)49-35(42(57)58)20-27-22-44-30-15-11-10-14-28(27)30/h7-15,22-25,29,31-35,44H,16-21,43H2,1-6H3,(H,45,52)(H,46,53)(H,47,56)(H,48,54)(H,49,55)(H,50,51)(H,57,58)/t29-,31-,32-,33-,34-,35-/m0/s1. The van der Waals surface area contributed by atoms with Crippen molar-refractivity contribution < 1.29 is 43.8 Å². The average molecular weight is 806 g/mol. The lowest BCUT2D eigenvalue weighted by molar-refractivity contribution is -0.142. The molecule has 5 amide bonds. The van der Waals surface area contributed by atoms with Gasteiger partial charge in [0.1, 0.15) is 30.2 Å². The number of aromatic nitrogens is 1. The Morgan fingerprint density at radius 3 is 1.57 bits per heavy atom. The number of amides is 5. The molecular formula is C42H59N7O9. The number of carboxylic acids is 2.